The highest BCUT2D eigenvalue weighted by molar-refractivity contribution is 5.95. The molecule has 0 aliphatic heterocycles. The summed E-state index contributed by atoms with van der Waals surface area (Å²) in [5, 5.41) is 4.62. The quantitative estimate of drug-likeness (QED) is 0.459. The lowest BCUT2D eigenvalue weighted by molar-refractivity contribution is 0.865. The maximum Gasteiger partial charge on any atom is 0.0711 e. The molecule has 168 valence electrons. The molecule has 33 heavy (non-hydrogen) atoms. The zero-order chi connectivity index (χ0) is 23.2. The van der Waals surface area contributed by atoms with Gasteiger partial charge in [0.2, 0.25) is 0 Å². The van der Waals surface area contributed by atoms with E-state index < -0.39 is 0 Å². The standard InChI is InChI=1S/C31H34N2/c1-5-24-14-10-8-9-12-23-13-11-15-25(18-23)31(22(4)21-32-7-3)26-16-17-30-29(19-26)28(24)20-27(6-2)33-30/h5,8-11,13-21,31-32H,6-7,12H2,1-4H3/b9-8+,14-10-,22-21+,24-5?. The zero-order valence-electron chi connectivity index (χ0n) is 20.2. The van der Waals surface area contributed by atoms with Gasteiger partial charge in [0.05, 0.1) is 5.52 Å². The van der Waals surface area contributed by atoms with Crippen molar-refractivity contribution in [2.24, 2.45) is 0 Å². The Balaban J connectivity index is 2.02. The summed E-state index contributed by atoms with van der Waals surface area (Å²) in [6, 6.07) is 18.1. The van der Waals surface area contributed by atoms with Crippen molar-refractivity contribution in [2.75, 3.05) is 6.54 Å². The molecule has 0 fully saturated rings. The summed E-state index contributed by atoms with van der Waals surface area (Å²) >= 11 is 0. The van der Waals surface area contributed by atoms with Crippen LogP contribution in [0.15, 0.2) is 90.7 Å². The highest BCUT2D eigenvalue weighted by atomic mass is 14.8. The number of nitrogens with zero attached hydrogens (tertiary/aromatic N) is 1. The number of aryl methyl sites for hydroxylation is 1. The van der Waals surface area contributed by atoms with Gasteiger partial charge < -0.3 is 5.32 Å². The zero-order valence-corrected chi connectivity index (χ0v) is 20.2. The molecule has 0 saturated carbocycles. The van der Waals surface area contributed by atoms with E-state index in [4.69, 9.17) is 4.98 Å². The second kappa shape index (κ2) is 10.5. The Morgan fingerprint density at radius 3 is 2.70 bits per heavy atom. The third kappa shape index (κ3) is 5.01. The van der Waals surface area contributed by atoms with E-state index in [1.165, 1.54) is 38.8 Å². The lowest BCUT2D eigenvalue weighted by Crippen LogP contribution is -2.10. The van der Waals surface area contributed by atoms with Gasteiger partial charge >= 0.3 is 0 Å². The minimum atomic E-state index is 0.184. The van der Waals surface area contributed by atoms with Crippen molar-refractivity contribution in [1.82, 2.24) is 10.3 Å². The Morgan fingerprint density at radius 2 is 1.91 bits per heavy atom. The number of rotatable bonds is 4. The third-order valence-electron chi connectivity index (χ3n) is 6.35. The van der Waals surface area contributed by atoms with Crippen LogP contribution in [0.4, 0.5) is 0 Å². The van der Waals surface area contributed by atoms with E-state index in [1.807, 2.05) is 0 Å². The first-order valence-corrected chi connectivity index (χ1v) is 12.1. The Morgan fingerprint density at radius 1 is 1.06 bits per heavy atom. The number of aromatic nitrogens is 1. The SMILES string of the molecule is CC=C1/C=C\C=C\Cc2cccc(c2)C(/C(C)=C/NCC)c2ccc3nc(CC)cc1c3c2. The van der Waals surface area contributed by atoms with E-state index in [9.17, 15) is 0 Å². The summed E-state index contributed by atoms with van der Waals surface area (Å²) < 4.78 is 0. The molecule has 0 amide bonds. The maximum absolute atomic E-state index is 4.95. The van der Waals surface area contributed by atoms with E-state index >= 15 is 0 Å². The summed E-state index contributed by atoms with van der Waals surface area (Å²) in [4.78, 5) is 4.95. The topological polar surface area (TPSA) is 24.9 Å². The van der Waals surface area contributed by atoms with Crippen LogP contribution in [0, 0.1) is 0 Å². The molecular formula is C31H34N2. The first-order valence-electron chi connectivity index (χ1n) is 12.1. The number of fused-ring (bicyclic) bond motifs is 3. The summed E-state index contributed by atoms with van der Waals surface area (Å²) in [6.07, 6.45) is 15.0. The molecule has 1 aromatic heterocycles. The molecule has 3 aromatic rings. The van der Waals surface area contributed by atoms with E-state index in [1.54, 1.807) is 0 Å². The fourth-order valence-corrected chi connectivity index (χ4v) is 4.65. The van der Waals surface area contributed by atoms with Gasteiger partial charge in [0.15, 0.2) is 0 Å². The Bertz CT molecular complexity index is 1260. The first-order chi connectivity index (χ1) is 16.1. The fourth-order valence-electron chi connectivity index (χ4n) is 4.65. The average Bonchev–Trinajstić information content (AvgIpc) is 2.84. The number of pyridine rings is 1. The molecule has 0 radical (unpaired) electrons. The lowest BCUT2D eigenvalue weighted by atomic mass is 9.83. The molecule has 4 rings (SSSR count). The number of nitrogens with one attached hydrogen (secondary N) is 1. The van der Waals surface area contributed by atoms with Gasteiger partial charge in [-0.2, -0.15) is 0 Å². The third-order valence-corrected chi connectivity index (χ3v) is 6.35. The average molecular weight is 435 g/mol. The van der Waals surface area contributed by atoms with Gasteiger partial charge in [-0.1, -0.05) is 67.6 Å². The fraction of sp³-hybridized carbons (Fsp3) is 0.258. The summed E-state index contributed by atoms with van der Waals surface area (Å²) in [5.41, 5.74) is 9.93. The van der Waals surface area contributed by atoms with Crippen LogP contribution in [-0.2, 0) is 12.8 Å². The smallest absolute Gasteiger partial charge is 0.0711 e. The molecule has 1 aliphatic carbocycles. The van der Waals surface area contributed by atoms with Crippen LogP contribution < -0.4 is 5.32 Å². The Hall–Kier alpha value is -3.39. The van der Waals surface area contributed by atoms with Crippen molar-refractivity contribution in [2.45, 2.75) is 46.5 Å². The molecular weight excluding hydrogens is 400 g/mol. The summed E-state index contributed by atoms with van der Waals surface area (Å²) in [7, 11) is 0. The van der Waals surface area contributed by atoms with Gasteiger partial charge in [0, 0.05) is 23.5 Å². The van der Waals surface area contributed by atoms with Crippen molar-refractivity contribution in [3.63, 3.8) is 0 Å². The normalized spacial score (nSPS) is 19.5. The van der Waals surface area contributed by atoms with Gasteiger partial charge in [0.1, 0.15) is 0 Å². The van der Waals surface area contributed by atoms with E-state index in [-0.39, 0.29) is 5.92 Å². The van der Waals surface area contributed by atoms with Crippen molar-refractivity contribution in [1.29, 1.82) is 0 Å². The molecule has 2 heteroatoms. The van der Waals surface area contributed by atoms with Crippen molar-refractivity contribution in [3.8, 4) is 0 Å². The lowest BCUT2D eigenvalue weighted by Gasteiger charge is -2.22. The molecule has 4 bridgehead atoms. The van der Waals surface area contributed by atoms with Crippen LogP contribution in [0.1, 0.15) is 61.6 Å². The Labute approximate surface area is 198 Å². The summed E-state index contributed by atoms with van der Waals surface area (Å²) in [5.74, 6) is 0.184. The molecule has 2 aromatic carbocycles. The van der Waals surface area contributed by atoms with Gasteiger partial charge in [-0.3, -0.25) is 4.98 Å². The number of allylic oxidation sites excluding steroid dienone is 7. The second-order valence-electron chi connectivity index (χ2n) is 8.65. The molecule has 2 nitrogen and oxygen atoms in total. The molecule has 1 atom stereocenters. The highest BCUT2D eigenvalue weighted by Gasteiger charge is 2.19. The van der Waals surface area contributed by atoms with Gasteiger partial charge in [-0.15, -0.1) is 0 Å². The van der Waals surface area contributed by atoms with E-state index in [0.717, 1.165) is 30.6 Å². The highest BCUT2D eigenvalue weighted by Crippen LogP contribution is 2.36. The number of benzene rings is 2. The van der Waals surface area contributed by atoms with Crippen LogP contribution in [0.5, 0.6) is 0 Å². The molecule has 0 spiro atoms. The molecule has 1 heterocycles. The van der Waals surface area contributed by atoms with E-state index in [2.05, 4.69) is 118 Å². The molecule has 1 aliphatic rings. The van der Waals surface area contributed by atoms with Gasteiger partial charge in [-0.25, -0.2) is 0 Å². The predicted molar refractivity (Wildman–Crippen MR) is 142 cm³/mol. The number of hydrogen-bond donors (Lipinski definition) is 1. The minimum absolute atomic E-state index is 0.184. The van der Waals surface area contributed by atoms with Crippen molar-refractivity contribution < 1.29 is 0 Å². The van der Waals surface area contributed by atoms with Crippen molar-refractivity contribution >= 4 is 16.5 Å². The monoisotopic (exact) mass is 434 g/mol. The van der Waals surface area contributed by atoms with Crippen molar-refractivity contribution in [3.05, 3.63) is 119 Å². The molecule has 0 saturated heterocycles. The number of hydrogen-bond acceptors (Lipinski definition) is 2. The van der Waals surface area contributed by atoms with Crippen LogP contribution in [0.2, 0.25) is 0 Å². The first kappa shape index (κ1) is 22.8. The van der Waals surface area contributed by atoms with E-state index in [0.29, 0.717) is 0 Å². The van der Waals surface area contributed by atoms with Crippen LogP contribution in [0.3, 0.4) is 0 Å². The molecule has 1 N–H and O–H groups in total. The maximum atomic E-state index is 4.95. The largest absolute Gasteiger partial charge is 0.391 e. The van der Waals surface area contributed by atoms with Crippen LogP contribution in [-0.4, -0.2) is 11.5 Å². The van der Waals surface area contributed by atoms with Crippen LogP contribution in [0.25, 0.3) is 16.5 Å². The van der Waals surface area contributed by atoms with Gasteiger partial charge in [-0.05, 0) is 91.4 Å². The minimum Gasteiger partial charge on any atom is -0.391 e. The summed E-state index contributed by atoms with van der Waals surface area (Å²) in [6.45, 7) is 9.56. The predicted octanol–water partition coefficient (Wildman–Crippen LogP) is 7.51. The second-order valence-corrected chi connectivity index (χ2v) is 8.65. The Kier molecular flexibility index (Phi) is 7.24. The van der Waals surface area contributed by atoms with Crippen LogP contribution >= 0.6 is 0 Å². The van der Waals surface area contributed by atoms with Gasteiger partial charge in [0.25, 0.3) is 0 Å². The molecule has 1 unspecified atom stereocenters.